The van der Waals surface area contributed by atoms with Crippen LogP contribution in [0.4, 0.5) is 5.13 Å². The molecule has 1 heterocycles. The van der Waals surface area contributed by atoms with Crippen LogP contribution in [0.1, 0.15) is 6.92 Å². The van der Waals surface area contributed by atoms with Crippen molar-refractivity contribution in [2.45, 2.75) is 13.0 Å². The highest BCUT2D eigenvalue weighted by atomic mass is 79.9. The second-order valence-corrected chi connectivity index (χ2v) is 5.56. The zero-order valence-electron chi connectivity index (χ0n) is 9.64. The van der Waals surface area contributed by atoms with Gasteiger partial charge in [0.15, 0.2) is 3.92 Å². The van der Waals surface area contributed by atoms with E-state index in [1.165, 1.54) is 11.3 Å². The molecule has 0 saturated heterocycles. The lowest BCUT2D eigenvalue weighted by Crippen LogP contribution is -2.38. The van der Waals surface area contributed by atoms with Crippen LogP contribution in [-0.2, 0) is 9.47 Å². The van der Waals surface area contributed by atoms with Crippen LogP contribution in [0, 0.1) is 0 Å². The average molecular weight is 310 g/mol. The zero-order chi connectivity index (χ0) is 12.0. The van der Waals surface area contributed by atoms with Crippen molar-refractivity contribution in [1.29, 1.82) is 0 Å². The maximum Gasteiger partial charge on any atom is 0.209 e. The van der Waals surface area contributed by atoms with E-state index < -0.39 is 0 Å². The number of rotatable bonds is 7. The van der Waals surface area contributed by atoms with Gasteiger partial charge in [-0.3, -0.25) is 0 Å². The van der Waals surface area contributed by atoms with Crippen LogP contribution in [0.2, 0.25) is 0 Å². The van der Waals surface area contributed by atoms with E-state index in [2.05, 4.69) is 38.0 Å². The first-order valence-corrected chi connectivity index (χ1v) is 6.53. The summed E-state index contributed by atoms with van der Waals surface area (Å²) in [5.74, 6) is 0. The molecule has 16 heavy (non-hydrogen) atoms. The lowest BCUT2D eigenvalue weighted by atomic mass is 10.3. The minimum atomic E-state index is 0.250. The fourth-order valence-corrected chi connectivity index (χ4v) is 2.56. The number of halogens is 1. The molecule has 1 atom stereocenters. The number of nitrogens with zero attached hydrogens (tertiary/aromatic N) is 3. The standard InChI is InChI=1S/C9H16BrN3O2S/c1-7(6-15-3)13(4-5-14-2)9-12-11-8(10)16-9/h7H,4-6H2,1-3H3. The Hall–Kier alpha value is -0.240. The Labute approximate surface area is 108 Å². The van der Waals surface area contributed by atoms with Gasteiger partial charge in [0, 0.05) is 20.8 Å². The van der Waals surface area contributed by atoms with E-state index in [4.69, 9.17) is 9.47 Å². The normalized spacial score (nSPS) is 12.8. The number of anilines is 1. The van der Waals surface area contributed by atoms with Crippen LogP contribution in [0.5, 0.6) is 0 Å². The van der Waals surface area contributed by atoms with Gasteiger partial charge in [0.05, 0.1) is 19.3 Å². The first kappa shape index (κ1) is 13.8. The summed E-state index contributed by atoms with van der Waals surface area (Å²) in [6, 6.07) is 0.250. The van der Waals surface area contributed by atoms with Gasteiger partial charge in [0.2, 0.25) is 5.13 Å². The van der Waals surface area contributed by atoms with Crippen LogP contribution in [0.15, 0.2) is 3.92 Å². The third-order valence-electron chi connectivity index (χ3n) is 2.11. The molecule has 0 aliphatic heterocycles. The Morgan fingerprint density at radius 2 is 2.12 bits per heavy atom. The third-order valence-corrected chi connectivity index (χ3v) is 3.50. The highest BCUT2D eigenvalue weighted by molar-refractivity contribution is 9.11. The summed E-state index contributed by atoms with van der Waals surface area (Å²) in [6.45, 7) is 4.18. The van der Waals surface area contributed by atoms with E-state index in [1.54, 1.807) is 14.2 Å². The van der Waals surface area contributed by atoms with E-state index in [9.17, 15) is 0 Å². The van der Waals surface area contributed by atoms with E-state index in [0.717, 1.165) is 15.6 Å². The van der Waals surface area contributed by atoms with Crippen LogP contribution in [0.25, 0.3) is 0 Å². The van der Waals surface area contributed by atoms with Gasteiger partial charge in [-0.25, -0.2) is 0 Å². The van der Waals surface area contributed by atoms with Gasteiger partial charge in [-0.05, 0) is 22.9 Å². The lowest BCUT2D eigenvalue weighted by Gasteiger charge is -2.27. The molecule has 0 fully saturated rings. The molecule has 0 bridgehead atoms. The molecule has 0 amide bonds. The second kappa shape index (κ2) is 7.16. The summed E-state index contributed by atoms with van der Waals surface area (Å²) < 4.78 is 11.0. The Balaban J connectivity index is 2.69. The van der Waals surface area contributed by atoms with Gasteiger partial charge in [-0.15, -0.1) is 10.2 Å². The first-order valence-electron chi connectivity index (χ1n) is 4.92. The third kappa shape index (κ3) is 3.97. The molecule has 0 spiro atoms. The topological polar surface area (TPSA) is 47.5 Å². The van der Waals surface area contributed by atoms with Crippen molar-refractivity contribution in [1.82, 2.24) is 10.2 Å². The van der Waals surface area contributed by atoms with Crippen molar-refractivity contribution in [3.8, 4) is 0 Å². The molecule has 0 N–H and O–H groups in total. The van der Waals surface area contributed by atoms with Crippen molar-refractivity contribution >= 4 is 32.4 Å². The monoisotopic (exact) mass is 309 g/mol. The number of ether oxygens (including phenoxy) is 2. The molecular weight excluding hydrogens is 294 g/mol. The van der Waals surface area contributed by atoms with Gasteiger partial charge in [-0.1, -0.05) is 11.3 Å². The van der Waals surface area contributed by atoms with Crippen LogP contribution in [-0.4, -0.2) is 50.2 Å². The minimum Gasteiger partial charge on any atom is -0.383 e. The Morgan fingerprint density at radius 3 is 2.62 bits per heavy atom. The molecule has 0 aromatic carbocycles. The molecule has 1 rings (SSSR count). The van der Waals surface area contributed by atoms with Crippen molar-refractivity contribution in [2.24, 2.45) is 0 Å². The average Bonchev–Trinajstić information content (AvgIpc) is 2.66. The zero-order valence-corrected chi connectivity index (χ0v) is 12.0. The molecule has 0 aliphatic rings. The predicted octanol–water partition coefficient (Wildman–Crippen LogP) is 1.79. The van der Waals surface area contributed by atoms with Crippen molar-refractivity contribution in [2.75, 3.05) is 38.9 Å². The molecule has 92 valence electrons. The van der Waals surface area contributed by atoms with Gasteiger partial charge in [-0.2, -0.15) is 0 Å². The van der Waals surface area contributed by atoms with Gasteiger partial charge >= 0.3 is 0 Å². The summed E-state index contributed by atoms with van der Waals surface area (Å²) in [6.07, 6.45) is 0. The second-order valence-electron chi connectivity index (χ2n) is 3.33. The number of aromatic nitrogens is 2. The molecule has 0 radical (unpaired) electrons. The fraction of sp³-hybridized carbons (Fsp3) is 0.778. The maximum atomic E-state index is 5.16. The van der Waals surface area contributed by atoms with Gasteiger partial charge in [0.25, 0.3) is 0 Å². The molecule has 0 saturated carbocycles. The van der Waals surface area contributed by atoms with Crippen LogP contribution in [0.3, 0.4) is 0 Å². The van der Waals surface area contributed by atoms with E-state index in [0.29, 0.717) is 13.2 Å². The molecule has 1 aromatic heterocycles. The highest BCUT2D eigenvalue weighted by Gasteiger charge is 2.18. The quantitative estimate of drug-likeness (QED) is 0.768. The lowest BCUT2D eigenvalue weighted by molar-refractivity contribution is 0.171. The minimum absolute atomic E-state index is 0.250. The van der Waals surface area contributed by atoms with Gasteiger partial charge in [0.1, 0.15) is 0 Å². The van der Waals surface area contributed by atoms with Crippen LogP contribution >= 0.6 is 27.3 Å². The summed E-state index contributed by atoms with van der Waals surface area (Å²) in [4.78, 5) is 2.13. The van der Waals surface area contributed by atoms with Crippen molar-refractivity contribution < 1.29 is 9.47 Å². The van der Waals surface area contributed by atoms with Crippen molar-refractivity contribution in [3.05, 3.63) is 3.92 Å². The number of methoxy groups -OCH3 is 2. The smallest absolute Gasteiger partial charge is 0.209 e. The van der Waals surface area contributed by atoms with Crippen molar-refractivity contribution in [3.63, 3.8) is 0 Å². The predicted molar refractivity (Wildman–Crippen MR) is 68.2 cm³/mol. The van der Waals surface area contributed by atoms with Gasteiger partial charge < -0.3 is 14.4 Å². The Bertz CT molecular complexity index is 311. The molecule has 7 heteroatoms. The van der Waals surface area contributed by atoms with E-state index in [1.807, 2.05) is 0 Å². The molecule has 1 unspecified atom stereocenters. The summed E-state index contributed by atoms with van der Waals surface area (Å²) in [7, 11) is 3.39. The Morgan fingerprint density at radius 1 is 1.38 bits per heavy atom. The SMILES string of the molecule is COCCN(c1nnc(Br)s1)C(C)COC. The first-order chi connectivity index (χ1) is 7.69. The van der Waals surface area contributed by atoms with E-state index in [-0.39, 0.29) is 6.04 Å². The molecule has 0 aliphatic carbocycles. The summed E-state index contributed by atoms with van der Waals surface area (Å²) in [5, 5.41) is 8.94. The maximum absolute atomic E-state index is 5.16. The molecule has 1 aromatic rings. The fourth-order valence-electron chi connectivity index (χ4n) is 1.34. The Kier molecular flexibility index (Phi) is 6.18. The molecular formula is C9H16BrN3O2S. The summed E-state index contributed by atoms with van der Waals surface area (Å²) >= 11 is 4.82. The highest BCUT2D eigenvalue weighted by Crippen LogP contribution is 2.25. The van der Waals surface area contributed by atoms with Crippen LogP contribution < -0.4 is 4.90 Å². The molecule has 5 nitrogen and oxygen atoms in total. The summed E-state index contributed by atoms with van der Waals surface area (Å²) in [5.41, 5.74) is 0. The number of hydrogen-bond donors (Lipinski definition) is 0. The van der Waals surface area contributed by atoms with E-state index >= 15 is 0 Å². The number of hydrogen-bond acceptors (Lipinski definition) is 6. The largest absolute Gasteiger partial charge is 0.383 e.